The summed E-state index contributed by atoms with van der Waals surface area (Å²) >= 11 is 0. The van der Waals surface area contributed by atoms with E-state index < -0.39 is 0 Å². The molecule has 2 rings (SSSR count). The second-order valence-electron chi connectivity index (χ2n) is 2.69. The number of nitrogens with zero attached hydrogens (tertiary/aromatic N) is 1. The lowest BCUT2D eigenvalue weighted by Gasteiger charge is -1.96. The van der Waals surface area contributed by atoms with Crippen LogP contribution in [0.25, 0.3) is 11.3 Å². The first-order valence-electron chi connectivity index (χ1n) is 3.96. The molecule has 0 N–H and O–H groups in total. The van der Waals surface area contributed by atoms with Crippen LogP contribution in [0.2, 0.25) is 0 Å². The molecule has 0 atom stereocenters. The number of rotatable bonds is 2. The van der Waals surface area contributed by atoms with Gasteiger partial charge in [0.05, 0.1) is 0 Å². The minimum atomic E-state index is -0.379. The Labute approximate surface area is 79.2 Å². The van der Waals surface area contributed by atoms with Crippen molar-refractivity contribution in [1.29, 1.82) is 0 Å². The molecule has 2 aromatic rings. The van der Waals surface area contributed by atoms with Gasteiger partial charge in [-0.25, -0.2) is 9.37 Å². The number of aldehydes is 1. The Morgan fingerprint density at radius 3 is 3.00 bits per heavy atom. The van der Waals surface area contributed by atoms with Crippen molar-refractivity contribution in [3.05, 3.63) is 42.2 Å². The molecule has 0 spiro atoms. The van der Waals surface area contributed by atoms with Crippen molar-refractivity contribution in [3.63, 3.8) is 0 Å². The van der Waals surface area contributed by atoms with Crippen molar-refractivity contribution in [2.24, 2.45) is 0 Å². The van der Waals surface area contributed by atoms with Crippen LogP contribution >= 0.6 is 0 Å². The molecule has 14 heavy (non-hydrogen) atoms. The Morgan fingerprint density at radius 1 is 1.43 bits per heavy atom. The number of hydrogen-bond acceptors (Lipinski definition) is 3. The van der Waals surface area contributed by atoms with Crippen LogP contribution in [-0.2, 0) is 0 Å². The Hall–Kier alpha value is -1.97. The van der Waals surface area contributed by atoms with Gasteiger partial charge in [0.15, 0.2) is 18.4 Å². The van der Waals surface area contributed by atoms with Gasteiger partial charge in [-0.3, -0.25) is 4.79 Å². The summed E-state index contributed by atoms with van der Waals surface area (Å²) in [5, 5.41) is 0. The van der Waals surface area contributed by atoms with Crippen LogP contribution in [0.5, 0.6) is 0 Å². The molecule has 0 amide bonds. The van der Waals surface area contributed by atoms with E-state index in [0.717, 1.165) is 6.39 Å². The number of carbonyl (C=O) groups is 1. The van der Waals surface area contributed by atoms with E-state index in [1.54, 1.807) is 12.1 Å². The monoisotopic (exact) mass is 191 g/mol. The molecule has 0 bridgehead atoms. The van der Waals surface area contributed by atoms with Crippen LogP contribution in [0.3, 0.4) is 0 Å². The van der Waals surface area contributed by atoms with E-state index in [-0.39, 0.29) is 11.5 Å². The summed E-state index contributed by atoms with van der Waals surface area (Å²) in [5.41, 5.74) is 0.681. The van der Waals surface area contributed by atoms with E-state index in [1.807, 2.05) is 0 Å². The predicted octanol–water partition coefficient (Wildman–Crippen LogP) is 2.29. The number of aromatic nitrogens is 1. The third-order valence-corrected chi connectivity index (χ3v) is 1.79. The van der Waals surface area contributed by atoms with Crippen LogP contribution in [-0.4, -0.2) is 11.3 Å². The first kappa shape index (κ1) is 8.62. The second kappa shape index (κ2) is 3.41. The van der Waals surface area contributed by atoms with Gasteiger partial charge < -0.3 is 4.42 Å². The Balaban J connectivity index is 2.54. The zero-order valence-corrected chi connectivity index (χ0v) is 7.11. The first-order chi connectivity index (χ1) is 6.81. The molecule has 1 heterocycles. The molecule has 0 fully saturated rings. The Morgan fingerprint density at radius 2 is 2.29 bits per heavy atom. The number of carbonyl (C=O) groups excluding carboxylic acids is 1. The molecule has 0 unspecified atom stereocenters. The van der Waals surface area contributed by atoms with Crippen LogP contribution < -0.4 is 0 Å². The van der Waals surface area contributed by atoms with Gasteiger partial charge in [0.25, 0.3) is 0 Å². The maximum absolute atomic E-state index is 12.8. The van der Waals surface area contributed by atoms with Crippen LogP contribution in [0, 0.1) is 5.82 Å². The van der Waals surface area contributed by atoms with Crippen molar-refractivity contribution in [3.8, 4) is 11.3 Å². The van der Waals surface area contributed by atoms with Crippen molar-refractivity contribution in [1.82, 2.24) is 4.98 Å². The van der Waals surface area contributed by atoms with E-state index in [1.165, 1.54) is 12.1 Å². The molecular formula is C10H6FNO2. The number of benzene rings is 1. The zero-order chi connectivity index (χ0) is 9.97. The van der Waals surface area contributed by atoms with Crippen molar-refractivity contribution in [2.45, 2.75) is 0 Å². The van der Waals surface area contributed by atoms with Crippen LogP contribution in [0.4, 0.5) is 4.39 Å². The smallest absolute Gasteiger partial charge is 0.182 e. The van der Waals surface area contributed by atoms with Gasteiger partial charge in [-0.05, 0) is 12.1 Å². The molecule has 0 aliphatic carbocycles. The summed E-state index contributed by atoms with van der Waals surface area (Å²) < 4.78 is 17.8. The van der Waals surface area contributed by atoms with E-state index in [2.05, 4.69) is 4.98 Å². The summed E-state index contributed by atoms with van der Waals surface area (Å²) in [6, 6.07) is 5.80. The highest BCUT2D eigenvalue weighted by Gasteiger charge is 2.09. The molecule has 4 heteroatoms. The average molecular weight is 191 g/mol. The molecule has 70 valence electrons. The van der Waals surface area contributed by atoms with Gasteiger partial charge in [-0.2, -0.15) is 0 Å². The van der Waals surface area contributed by atoms with E-state index >= 15 is 0 Å². The molecule has 1 aromatic heterocycles. The van der Waals surface area contributed by atoms with Gasteiger partial charge in [0, 0.05) is 5.56 Å². The highest BCUT2D eigenvalue weighted by atomic mass is 19.1. The normalized spacial score (nSPS) is 10.1. The van der Waals surface area contributed by atoms with E-state index in [0.29, 0.717) is 17.6 Å². The lowest BCUT2D eigenvalue weighted by molar-refractivity contribution is 0.112. The fourth-order valence-electron chi connectivity index (χ4n) is 1.18. The summed E-state index contributed by atoms with van der Waals surface area (Å²) in [6.45, 7) is 0. The van der Waals surface area contributed by atoms with Gasteiger partial charge in [-0.1, -0.05) is 12.1 Å². The van der Waals surface area contributed by atoms with Crippen LogP contribution in [0.15, 0.2) is 35.1 Å². The van der Waals surface area contributed by atoms with Crippen molar-refractivity contribution < 1.29 is 13.6 Å². The molecule has 1 aromatic carbocycles. The van der Waals surface area contributed by atoms with Gasteiger partial charge in [0.2, 0.25) is 0 Å². The fourth-order valence-corrected chi connectivity index (χ4v) is 1.18. The summed E-state index contributed by atoms with van der Waals surface area (Å²) in [4.78, 5) is 14.2. The fraction of sp³-hybridized carbons (Fsp3) is 0. The minimum Gasteiger partial charge on any atom is -0.443 e. The highest BCUT2D eigenvalue weighted by molar-refractivity contribution is 5.82. The molecule has 0 saturated carbocycles. The number of oxazole rings is 1. The van der Waals surface area contributed by atoms with Gasteiger partial charge in [0.1, 0.15) is 11.5 Å². The standard InChI is InChI=1S/C10H6FNO2/c11-8-3-1-2-7(4-8)10-9(5-13)12-6-14-10/h1-6H. The molecule has 0 aliphatic rings. The quantitative estimate of drug-likeness (QED) is 0.684. The van der Waals surface area contributed by atoms with E-state index in [4.69, 9.17) is 4.42 Å². The topological polar surface area (TPSA) is 43.1 Å². The lowest BCUT2D eigenvalue weighted by Crippen LogP contribution is -1.84. The summed E-state index contributed by atoms with van der Waals surface area (Å²) in [7, 11) is 0. The maximum atomic E-state index is 12.8. The third kappa shape index (κ3) is 1.42. The SMILES string of the molecule is O=Cc1ncoc1-c1cccc(F)c1. The lowest BCUT2D eigenvalue weighted by atomic mass is 10.1. The minimum absolute atomic E-state index is 0.176. The second-order valence-corrected chi connectivity index (χ2v) is 2.69. The van der Waals surface area contributed by atoms with Gasteiger partial charge >= 0.3 is 0 Å². The van der Waals surface area contributed by atoms with E-state index in [9.17, 15) is 9.18 Å². The number of hydrogen-bond donors (Lipinski definition) is 0. The Bertz CT molecular complexity index is 465. The molecular weight excluding hydrogens is 185 g/mol. The number of halogens is 1. The molecule has 0 radical (unpaired) electrons. The van der Waals surface area contributed by atoms with Crippen molar-refractivity contribution in [2.75, 3.05) is 0 Å². The maximum Gasteiger partial charge on any atom is 0.182 e. The Kier molecular flexibility index (Phi) is 2.10. The molecule has 3 nitrogen and oxygen atoms in total. The van der Waals surface area contributed by atoms with Gasteiger partial charge in [-0.15, -0.1) is 0 Å². The largest absolute Gasteiger partial charge is 0.443 e. The molecule has 0 aliphatic heterocycles. The summed E-state index contributed by atoms with van der Waals surface area (Å²) in [6.07, 6.45) is 1.73. The predicted molar refractivity (Wildman–Crippen MR) is 47.3 cm³/mol. The van der Waals surface area contributed by atoms with Crippen LogP contribution in [0.1, 0.15) is 10.5 Å². The average Bonchev–Trinajstić information content (AvgIpc) is 2.65. The first-order valence-corrected chi connectivity index (χ1v) is 3.96. The zero-order valence-electron chi connectivity index (χ0n) is 7.11. The third-order valence-electron chi connectivity index (χ3n) is 1.79. The molecule has 0 saturated heterocycles. The van der Waals surface area contributed by atoms with Crippen molar-refractivity contribution >= 4 is 6.29 Å². The highest BCUT2D eigenvalue weighted by Crippen LogP contribution is 2.22. The summed E-state index contributed by atoms with van der Waals surface area (Å²) in [5.74, 6) is -0.0877.